The smallest absolute Gasteiger partial charge is 0.322 e. The van der Waals surface area contributed by atoms with Crippen molar-refractivity contribution in [3.63, 3.8) is 0 Å². The van der Waals surface area contributed by atoms with E-state index < -0.39 is 0 Å². The zero-order valence-corrected chi connectivity index (χ0v) is 11.1. The largest absolute Gasteiger partial charge is 0.395 e. The molecule has 4 nitrogen and oxygen atoms in total. The van der Waals surface area contributed by atoms with Crippen molar-refractivity contribution in [2.75, 3.05) is 25.0 Å². The maximum Gasteiger partial charge on any atom is 0.322 e. The molecule has 1 rings (SSSR count). The molecule has 0 heterocycles. The van der Waals surface area contributed by atoms with Gasteiger partial charge >= 0.3 is 6.03 Å². The molecule has 1 aromatic carbocycles. The van der Waals surface area contributed by atoms with Gasteiger partial charge in [0.15, 0.2) is 0 Å². The van der Waals surface area contributed by atoms with Crippen LogP contribution in [-0.4, -0.2) is 35.7 Å². The molecule has 98 valence electrons. The fourth-order valence-corrected chi connectivity index (χ4v) is 1.66. The summed E-state index contributed by atoms with van der Waals surface area (Å²) in [6.45, 7) is 5.97. The van der Waals surface area contributed by atoms with Crippen LogP contribution in [0.25, 0.3) is 0 Å². The Kier molecular flexibility index (Phi) is 5.68. The number of aliphatic hydroxyl groups excluding tert-OH is 1. The molecule has 0 atom stereocenters. The Hall–Kier alpha value is -1.52. The van der Waals surface area contributed by atoms with Gasteiger partial charge in [0.1, 0.15) is 0 Å². The van der Waals surface area contributed by atoms with E-state index in [0.717, 1.165) is 5.56 Å². The number of hydrogen-bond acceptors (Lipinski definition) is 2. The van der Waals surface area contributed by atoms with Gasteiger partial charge in [-0.25, -0.2) is 4.79 Å². The van der Waals surface area contributed by atoms with E-state index in [2.05, 4.69) is 11.9 Å². The highest BCUT2D eigenvalue weighted by molar-refractivity contribution is 6.31. The summed E-state index contributed by atoms with van der Waals surface area (Å²) in [6, 6.07) is 5.04. The Morgan fingerprint density at radius 2 is 2.33 bits per heavy atom. The topological polar surface area (TPSA) is 52.6 Å². The number of carbonyl (C=O) groups is 1. The van der Waals surface area contributed by atoms with Crippen LogP contribution in [0.2, 0.25) is 5.02 Å². The van der Waals surface area contributed by atoms with Crippen molar-refractivity contribution in [2.45, 2.75) is 6.92 Å². The molecule has 0 aliphatic heterocycles. The molecule has 2 amide bonds. The van der Waals surface area contributed by atoms with Crippen LogP contribution in [-0.2, 0) is 0 Å². The first kappa shape index (κ1) is 14.5. The van der Waals surface area contributed by atoms with Crippen LogP contribution in [0.3, 0.4) is 0 Å². The zero-order valence-electron chi connectivity index (χ0n) is 10.3. The molecule has 0 bridgehead atoms. The second kappa shape index (κ2) is 7.03. The maximum absolute atomic E-state index is 12.0. The summed E-state index contributed by atoms with van der Waals surface area (Å²) < 4.78 is 0. The quantitative estimate of drug-likeness (QED) is 0.807. The van der Waals surface area contributed by atoms with E-state index in [-0.39, 0.29) is 19.2 Å². The molecule has 0 fully saturated rings. The van der Waals surface area contributed by atoms with Gasteiger partial charge in [0.2, 0.25) is 0 Å². The Balaban J connectivity index is 2.78. The summed E-state index contributed by atoms with van der Waals surface area (Å²) in [5, 5.41) is 12.3. The van der Waals surface area contributed by atoms with Gasteiger partial charge in [-0.2, -0.15) is 0 Å². The summed E-state index contributed by atoms with van der Waals surface area (Å²) in [6.07, 6.45) is 1.61. The normalized spacial score (nSPS) is 9.94. The number of halogens is 1. The predicted molar refractivity (Wildman–Crippen MR) is 74.1 cm³/mol. The van der Waals surface area contributed by atoms with E-state index in [9.17, 15) is 4.79 Å². The number of rotatable bonds is 5. The summed E-state index contributed by atoms with van der Waals surface area (Å²) >= 11 is 5.98. The summed E-state index contributed by atoms with van der Waals surface area (Å²) in [4.78, 5) is 13.4. The van der Waals surface area contributed by atoms with Gasteiger partial charge in [-0.15, -0.1) is 6.58 Å². The molecule has 0 radical (unpaired) electrons. The average molecular weight is 269 g/mol. The van der Waals surface area contributed by atoms with Gasteiger partial charge in [-0.3, -0.25) is 0 Å². The highest BCUT2D eigenvalue weighted by Gasteiger charge is 2.13. The third-order valence-corrected chi connectivity index (χ3v) is 2.93. The van der Waals surface area contributed by atoms with Crippen molar-refractivity contribution in [3.05, 3.63) is 41.4 Å². The predicted octanol–water partition coefficient (Wildman–Crippen LogP) is 2.66. The molecule has 0 aliphatic rings. The molecular formula is C13H17ClN2O2. The number of aliphatic hydroxyl groups is 1. The molecule has 0 spiro atoms. The Morgan fingerprint density at radius 1 is 1.61 bits per heavy atom. The van der Waals surface area contributed by atoms with Crippen LogP contribution >= 0.6 is 11.6 Å². The Labute approximate surface area is 112 Å². The monoisotopic (exact) mass is 268 g/mol. The average Bonchev–Trinajstić information content (AvgIpc) is 2.34. The van der Waals surface area contributed by atoms with Crippen molar-refractivity contribution in [1.82, 2.24) is 4.90 Å². The van der Waals surface area contributed by atoms with E-state index in [1.165, 1.54) is 4.90 Å². The van der Waals surface area contributed by atoms with Crippen LogP contribution in [0.15, 0.2) is 30.9 Å². The molecular weight excluding hydrogens is 252 g/mol. The maximum atomic E-state index is 12.0. The lowest BCUT2D eigenvalue weighted by Crippen LogP contribution is -2.37. The molecule has 5 heteroatoms. The van der Waals surface area contributed by atoms with Crippen molar-refractivity contribution in [3.8, 4) is 0 Å². The van der Waals surface area contributed by atoms with Crippen molar-refractivity contribution in [1.29, 1.82) is 0 Å². The van der Waals surface area contributed by atoms with Gasteiger partial charge in [0.05, 0.1) is 6.61 Å². The van der Waals surface area contributed by atoms with E-state index in [4.69, 9.17) is 16.7 Å². The van der Waals surface area contributed by atoms with Crippen LogP contribution in [0.4, 0.5) is 10.5 Å². The first-order valence-corrected chi connectivity index (χ1v) is 6.00. The Bertz CT molecular complexity index is 435. The first-order valence-electron chi connectivity index (χ1n) is 5.63. The number of nitrogens with zero attached hydrogens (tertiary/aromatic N) is 1. The van der Waals surface area contributed by atoms with Crippen LogP contribution in [0.5, 0.6) is 0 Å². The van der Waals surface area contributed by atoms with Gasteiger partial charge in [0, 0.05) is 23.8 Å². The summed E-state index contributed by atoms with van der Waals surface area (Å²) in [5.74, 6) is 0. The van der Waals surface area contributed by atoms with E-state index in [0.29, 0.717) is 17.3 Å². The standard InChI is InChI=1S/C13H17ClN2O2/c1-3-7-16(8-9-17)13(18)15-12-6-4-5-11(14)10(12)2/h3-6,17H,1,7-9H2,2H3,(H,15,18). The van der Waals surface area contributed by atoms with Gasteiger partial charge in [-0.05, 0) is 24.6 Å². The highest BCUT2D eigenvalue weighted by Crippen LogP contribution is 2.23. The third kappa shape index (κ3) is 3.75. The highest BCUT2D eigenvalue weighted by atomic mass is 35.5. The molecule has 0 saturated heterocycles. The minimum Gasteiger partial charge on any atom is -0.395 e. The lowest BCUT2D eigenvalue weighted by atomic mass is 10.2. The second-order valence-electron chi connectivity index (χ2n) is 3.80. The fourth-order valence-electron chi connectivity index (χ4n) is 1.49. The van der Waals surface area contributed by atoms with E-state index in [1.54, 1.807) is 24.3 Å². The first-order chi connectivity index (χ1) is 8.60. The molecule has 18 heavy (non-hydrogen) atoms. The number of carbonyl (C=O) groups excluding carboxylic acids is 1. The van der Waals surface area contributed by atoms with E-state index in [1.807, 2.05) is 6.92 Å². The van der Waals surface area contributed by atoms with Gasteiger partial charge in [-0.1, -0.05) is 23.7 Å². The zero-order chi connectivity index (χ0) is 13.5. The summed E-state index contributed by atoms with van der Waals surface area (Å²) in [5.41, 5.74) is 1.48. The van der Waals surface area contributed by atoms with E-state index >= 15 is 0 Å². The van der Waals surface area contributed by atoms with Crippen molar-refractivity contribution >= 4 is 23.3 Å². The number of amides is 2. The summed E-state index contributed by atoms with van der Waals surface area (Å²) in [7, 11) is 0. The molecule has 2 N–H and O–H groups in total. The lowest BCUT2D eigenvalue weighted by Gasteiger charge is -2.21. The number of benzene rings is 1. The van der Waals surface area contributed by atoms with Crippen LogP contribution in [0, 0.1) is 6.92 Å². The second-order valence-corrected chi connectivity index (χ2v) is 4.21. The number of urea groups is 1. The molecule has 0 aliphatic carbocycles. The lowest BCUT2D eigenvalue weighted by molar-refractivity contribution is 0.195. The molecule has 0 aromatic heterocycles. The minimum absolute atomic E-state index is 0.0875. The van der Waals surface area contributed by atoms with Crippen molar-refractivity contribution in [2.24, 2.45) is 0 Å². The number of anilines is 1. The molecule has 0 unspecified atom stereocenters. The van der Waals surface area contributed by atoms with Gasteiger partial charge in [0.25, 0.3) is 0 Å². The number of nitrogens with one attached hydrogen (secondary N) is 1. The number of hydrogen-bond donors (Lipinski definition) is 2. The third-order valence-electron chi connectivity index (χ3n) is 2.52. The fraction of sp³-hybridized carbons (Fsp3) is 0.308. The van der Waals surface area contributed by atoms with Crippen LogP contribution < -0.4 is 5.32 Å². The minimum atomic E-state index is -0.283. The Morgan fingerprint density at radius 3 is 2.94 bits per heavy atom. The SMILES string of the molecule is C=CCN(CCO)C(=O)Nc1cccc(Cl)c1C. The molecule has 1 aromatic rings. The molecule has 0 saturated carbocycles. The van der Waals surface area contributed by atoms with Crippen molar-refractivity contribution < 1.29 is 9.90 Å². The van der Waals surface area contributed by atoms with Crippen LogP contribution in [0.1, 0.15) is 5.56 Å². The van der Waals surface area contributed by atoms with Gasteiger partial charge < -0.3 is 15.3 Å².